The molecule has 0 radical (unpaired) electrons. The van der Waals surface area contributed by atoms with Crippen LogP contribution in [0, 0.1) is 11.8 Å². The fourth-order valence-corrected chi connectivity index (χ4v) is 5.07. The van der Waals surface area contributed by atoms with Gasteiger partial charge in [0.1, 0.15) is 0 Å². The Morgan fingerprint density at radius 2 is 1.56 bits per heavy atom. The highest BCUT2D eigenvalue weighted by Gasteiger charge is 2.31. The molecule has 1 aliphatic carbocycles. The molecule has 192 valence electrons. The third kappa shape index (κ3) is 7.62. The predicted molar refractivity (Wildman–Crippen MR) is 138 cm³/mol. The van der Waals surface area contributed by atoms with Crippen LogP contribution in [0.15, 0.2) is 54.9 Å². The van der Waals surface area contributed by atoms with Gasteiger partial charge in [0.15, 0.2) is 0 Å². The van der Waals surface area contributed by atoms with E-state index in [1.807, 2.05) is 23.4 Å². The van der Waals surface area contributed by atoms with Gasteiger partial charge in [0.2, 0.25) is 11.8 Å². The van der Waals surface area contributed by atoms with Gasteiger partial charge in [-0.15, -0.1) is 0 Å². The summed E-state index contributed by atoms with van der Waals surface area (Å²) < 4.78 is 0. The van der Waals surface area contributed by atoms with Gasteiger partial charge < -0.3 is 15.5 Å². The second kappa shape index (κ2) is 13.2. The van der Waals surface area contributed by atoms with Crippen LogP contribution in [0.2, 0.25) is 0 Å². The molecule has 2 aromatic rings. The van der Waals surface area contributed by atoms with E-state index in [1.54, 1.807) is 24.3 Å². The Hall–Kier alpha value is -3.26. The lowest BCUT2D eigenvalue weighted by atomic mass is 9.81. The number of carbonyl (C=O) groups excluding carboxylic acids is 3. The quantitative estimate of drug-likeness (QED) is 0.560. The molecule has 4 rings (SSSR count). The van der Waals surface area contributed by atoms with Gasteiger partial charge in [0, 0.05) is 63.1 Å². The largest absolute Gasteiger partial charge is 0.354 e. The molecule has 1 aliphatic heterocycles. The van der Waals surface area contributed by atoms with Crippen LogP contribution in [0.25, 0.3) is 0 Å². The summed E-state index contributed by atoms with van der Waals surface area (Å²) in [5.74, 6) is 0.354. The molecule has 0 spiro atoms. The number of rotatable bonds is 9. The van der Waals surface area contributed by atoms with Crippen LogP contribution < -0.4 is 10.6 Å². The first kappa shape index (κ1) is 25.8. The highest BCUT2D eigenvalue weighted by molar-refractivity contribution is 5.96. The topological polar surface area (TPSA) is 94.6 Å². The Morgan fingerprint density at radius 3 is 2.25 bits per heavy atom. The predicted octanol–water partition coefficient (Wildman–Crippen LogP) is 2.12. The van der Waals surface area contributed by atoms with E-state index >= 15 is 0 Å². The minimum absolute atomic E-state index is 0.0317. The molecule has 0 atom stereocenters. The van der Waals surface area contributed by atoms with E-state index in [9.17, 15) is 14.4 Å². The summed E-state index contributed by atoms with van der Waals surface area (Å²) >= 11 is 0. The van der Waals surface area contributed by atoms with Gasteiger partial charge in [-0.2, -0.15) is 0 Å². The zero-order valence-corrected chi connectivity index (χ0v) is 20.9. The van der Waals surface area contributed by atoms with Crippen molar-refractivity contribution in [3.63, 3.8) is 0 Å². The van der Waals surface area contributed by atoms with Gasteiger partial charge >= 0.3 is 0 Å². The van der Waals surface area contributed by atoms with Gasteiger partial charge in [-0.25, -0.2) is 0 Å². The highest BCUT2D eigenvalue weighted by atomic mass is 16.2. The number of hydrogen-bond acceptors (Lipinski definition) is 5. The molecule has 1 saturated heterocycles. The second-order valence-electron chi connectivity index (χ2n) is 9.84. The molecule has 1 aromatic heterocycles. The highest BCUT2D eigenvalue weighted by Crippen LogP contribution is 2.30. The summed E-state index contributed by atoms with van der Waals surface area (Å²) in [5, 5.41) is 5.59. The lowest BCUT2D eigenvalue weighted by molar-refractivity contribution is -0.138. The lowest BCUT2D eigenvalue weighted by Crippen LogP contribution is -2.51. The van der Waals surface area contributed by atoms with Gasteiger partial charge in [0.05, 0.1) is 6.54 Å². The number of piperazine rings is 1. The Balaban J connectivity index is 1.09. The molecular weight excluding hydrogens is 454 g/mol. The number of hydrogen-bond donors (Lipinski definition) is 2. The first-order chi connectivity index (χ1) is 17.6. The van der Waals surface area contributed by atoms with Crippen molar-refractivity contribution < 1.29 is 14.4 Å². The van der Waals surface area contributed by atoms with E-state index in [0.29, 0.717) is 23.9 Å². The fraction of sp³-hybridized carbons (Fsp3) is 0.500. The van der Waals surface area contributed by atoms with E-state index in [1.165, 1.54) is 5.56 Å². The first-order valence-corrected chi connectivity index (χ1v) is 13.1. The van der Waals surface area contributed by atoms with Crippen LogP contribution in [0.1, 0.15) is 41.6 Å². The third-order valence-corrected chi connectivity index (χ3v) is 7.38. The average Bonchev–Trinajstić information content (AvgIpc) is 2.95. The van der Waals surface area contributed by atoms with Gasteiger partial charge in [-0.3, -0.25) is 24.3 Å². The number of pyridine rings is 1. The number of benzene rings is 1. The Bertz CT molecular complexity index is 985. The minimum atomic E-state index is -0.251. The zero-order valence-electron chi connectivity index (χ0n) is 20.9. The Labute approximate surface area is 213 Å². The zero-order chi connectivity index (χ0) is 25.2. The van der Waals surface area contributed by atoms with E-state index < -0.39 is 0 Å². The maximum absolute atomic E-state index is 13.1. The SMILES string of the molecule is O=C(CNC(=O)c1ccccc1)NCC1CCC(C(=O)N2CCN(CCc3ccncc3)CC2)CC1. The van der Waals surface area contributed by atoms with Crippen molar-refractivity contribution in [1.82, 2.24) is 25.4 Å². The molecule has 3 amide bonds. The molecule has 1 saturated carbocycles. The summed E-state index contributed by atoms with van der Waals surface area (Å²) in [6.07, 6.45) is 8.33. The van der Waals surface area contributed by atoms with Crippen LogP contribution in [0.4, 0.5) is 0 Å². The third-order valence-electron chi connectivity index (χ3n) is 7.38. The van der Waals surface area contributed by atoms with Crippen molar-refractivity contribution in [2.45, 2.75) is 32.1 Å². The van der Waals surface area contributed by atoms with Gasteiger partial charge in [0.25, 0.3) is 5.91 Å². The van der Waals surface area contributed by atoms with Crippen molar-refractivity contribution in [3.05, 3.63) is 66.0 Å². The molecule has 0 bridgehead atoms. The molecular formula is C28H37N5O3. The number of nitrogens with one attached hydrogen (secondary N) is 2. The molecule has 2 N–H and O–H groups in total. The lowest BCUT2D eigenvalue weighted by Gasteiger charge is -2.38. The van der Waals surface area contributed by atoms with E-state index in [4.69, 9.17) is 0 Å². The van der Waals surface area contributed by atoms with Crippen molar-refractivity contribution in [1.29, 1.82) is 0 Å². The van der Waals surface area contributed by atoms with Crippen LogP contribution >= 0.6 is 0 Å². The smallest absolute Gasteiger partial charge is 0.251 e. The van der Waals surface area contributed by atoms with Gasteiger partial charge in [-0.1, -0.05) is 18.2 Å². The summed E-state index contributed by atoms with van der Waals surface area (Å²) in [6, 6.07) is 13.0. The van der Waals surface area contributed by atoms with E-state index in [2.05, 4.69) is 32.7 Å². The Kier molecular flexibility index (Phi) is 9.44. The van der Waals surface area contributed by atoms with Crippen LogP contribution in [-0.2, 0) is 16.0 Å². The number of nitrogens with zero attached hydrogens (tertiary/aromatic N) is 3. The second-order valence-corrected chi connectivity index (χ2v) is 9.84. The summed E-state index contributed by atoms with van der Waals surface area (Å²) in [7, 11) is 0. The van der Waals surface area contributed by atoms with E-state index in [0.717, 1.165) is 64.8 Å². The van der Waals surface area contributed by atoms with Crippen molar-refractivity contribution in [3.8, 4) is 0 Å². The standard InChI is InChI=1S/C28H37N5O3/c34-26(21-31-27(35)24-4-2-1-3-5-24)30-20-23-6-8-25(9-7-23)28(36)33-18-16-32(17-19-33)15-12-22-10-13-29-14-11-22/h1-5,10-11,13-14,23,25H,6-9,12,15-21H2,(H,30,34)(H,31,35). The van der Waals surface area contributed by atoms with Crippen LogP contribution in [0.3, 0.4) is 0 Å². The number of carbonyl (C=O) groups is 3. The average molecular weight is 492 g/mol. The molecule has 0 unspecified atom stereocenters. The monoisotopic (exact) mass is 491 g/mol. The molecule has 1 aromatic carbocycles. The van der Waals surface area contributed by atoms with Crippen molar-refractivity contribution in [2.75, 3.05) is 45.8 Å². The molecule has 2 heterocycles. The van der Waals surface area contributed by atoms with Crippen LogP contribution in [-0.4, -0.2) is 78.3 Å². The minimum Gasteiger partial charge on any atom is -0.354 e. The van der Waals surface area contributed by atoms with Gasteiger partial charge in [-0.05, 0) is 67.9 Å². The summed E-state index contributed by atoms with van der Waals surface area (Å²) in [5.41, 5.74) is 1.84. The number of amides is 3. The van der Waals surface area contributed by atoms with Crippen molar-refractivity contribution in [2.24, 2.45) is 11.8 Å². The molecule has 8 nitrogen and oxygen atoms in total. The fourth-order valence-electron chi connectivity index (χ4n) is 5.07. The normalized spacial score (nSPS) is 20.5. The van der Waals surface area contributed by atoms with Crippen molar-refractivity contribution >= 4 is 17.7 Å². The van der Waals surface area contributed by atoms with Crippen LogP contribution in [0.5, 0.6) is 0 Å². The summed E-state index contributed by atoms with van der Waals surface area (Å²) in [6.45, 7) is 5.05. The van der Waals surface area contributed by atoms with E-state index in [-0.39, 0.29) is 24.3 Å². The molecule has 2 aliphatic rings. The molecule has 36 heavy (non-hydrogen) atoms. The maximum Gasteiger partial charge on any atom is 0.251 e. The maximum atomic E-state index is 13.1. The number of aromatic nitrogens is 1. The molecule has 8 heteroatoms. The Morgan fingerprint density at radius 1 is 0.861 bits per heavy atom. The molecule has 2 fully saturated rings. The first-order valence-electron chi connectivity index (χ1n) is 13.1. The summed E-state index contributed by atoms with van der Waals surface area (Å²) in [4.78, 5) is 45.8.